The number of nitrogens with one attached hydrogen (secondary N) is 2. The summed E-state index contributed by atoms with van der Waals surface area (Å²) in [6.45, 7) is 9.95. The largest absolute Gasteiger partial charge is 0.314 e. The molecule has 0 aromatic rings. The molecule has 0 aliphatic carbocycles. The summed E-state index contributed by atoms with van der Waals surface area (Å²) >= 11 is 0. The zero-order valence-electron chi connectivity index (χ0n) is 10.8. The van der Waals surface area contributed by atoms with Crippen molar-refractivity contribution in [3.63, 3.8) is 0 Å². The van der Waals surface area contributed by atoms with Gasteiger partial charge in [-0.15, -0.1) is 0 Å². The predicted molar refractivity (Wildman–Crippen MR) is 69.2 cm³/mol. The topological polar surface area (TPSA) is 64.7 Å². The minimum Gasteiger partial charge on any atom is -0.314 e. The highest BCUT2D eigenvalue weighted by molar-refractivity contribution is 7.87. The average molecular weight is 264 g/mol. The van der Waals surface area contributed by atoms with Gasteiger partial charge in [-0.1, -0.05) is 13.8 Å². The van der Waals surface area contributed by atoms with Gasteiger partial charge in [-0.2, -0.15) is 12.7 Å². The van der Waals surface area contributed by atoms with Gasteiger partial charge >= 0.3 is 0 Å². The molecule has 7 heteroatoms. The third-order valence-corrected chi connectivity index (χ3v) is 4.73. The molecule has 0 saturated carbocycles. The van der Waals surface area contributed by atoms with E-state index in [1.54, 1.807) is 0 Å². The van der Waals surface area contributed by atoms with E-state index in [1.807, 2.05) is 13.8 Å². The molecule has 17 heavy (non-hydrogen) atoms. The van der Waals surface area contributed by atoms with Crippen molar-refractivity contribution in [2.45, 2.75) is 13.8 Å². The van der Waals surface area contributed by atoms with Gasteiger partial charge in [0.15, 0.2) is 0 Å². The van der Waals surface area contributed by atoms with Crippen LogP contribution in [0.3, 0.4) is 0 Å². The first-order chi connectivity index (χ1) is 8.10. The summed E-state index contributed by atoms with van der Waals surface area (Å²) in [4.78, 5) is 2.27. The average Bonchev–Trinajstić information content (AvgIpc) is 2.31. The van der Waals surface area contributed by atoms with Gasteiger partial charge < -0.3 is 5.32 Å². The molecule has 0 amide bonds. The minimum atomic E-state index is -3.28. The summed E-state index contributed by atoms with van der Waals surface area (Å²) in [6.07, 6.45) is 0. The van der Waals surface area contributed by atoms with E-state index in [4.69, 9.17) is 0 Å². The van der Waals surface area contributed by atoms with E-state index in [0.29, 0.717) is 19.6 Å². The Kier molecular flexibility index (Phi) is 6.35. The van der Waals surface area contributed by atoms with Crippen molar-refractivity contribution in [3.8, 4) is 0 Å². The van der Waals surface area contributed by atoms with E-state index in [9.17, 15) is 8.42 Å². The maximum absolute atomic E-state index is 11.8. The van der Waals surface area contributed by atoms with E-state index in [0.717, 1.165) is 32.7 Å². The summed E-state index contributed by atoms with van der Waals surface area (Å²) in [7, 11) is -3.28. The Morgan fingerprint density at radius 1 is 1.24 bits per heavy atom. The van der Waals surface area contributed by atoms with Gasteiger partial charge in [0.05, 0.1) is 0 Å². The molecule has 0 bridgehead atoms. The van der Waals surface area contributed by atoms with E-state index >= 15 is 0 Å². The Morgan fingerprint density at radius 3 is 2.35 bits per heavy atom. The molecule has 0 atom stereocenters. The first-order valence-corrected chi connectivity index (χ1v) is 7.72. The summed E-state index contributed by atoms with van der Waals surface area (Å²) in [5.74, 6) is 0. The Bertz CT molecular complexity index is 297. The van der Waals surface area contributed by atoms with Gasteiger partial charge in [0.1, 0.15) is 0 Å². The second-order valence-electron chi connectivity index (χ2n) is 4.08. The molecule has 0 aromatic heterocycles. The first kappa shape index (κ1) is 14.8. The summed E-state index contributed by atoms with van der Waals surface area (Å²) < 4.78 is 27.7. The molecule has 0 aromatic carbocycles. The van der Waals surface area contributed by atoms with E-state index in [2.05, 4.69) is 14.9 Å². The van der Waals surface area contributed by atoms with Crippen LogP contribution in [-0.4, -0.2) is 70.0 Å². The van der Waals surface area contributed by atoms with Gasteiger partial charge in [0, 0.05) is 52.4 Å². The lowest BCUT2D eigenvalue weighted by Crippen LogP contribution is -2.48. The van der Waals surface area contributed by atoms with Gasteiger partial charge in [-0.25, -0.2) is 4.72 Å². The molecule has 1 fully saturated rings. The Labute approximate surface area is 105 Å². The molecule has 1 aliphatic rings. The number of nitrogens with zero attached hydrogens (tertiary/aromatic N) is 2. The zero-order chi connectivity index (χ0) is 12.7. The van der Waals surface area contributed by atoms with Crippen molar-refractivity contribution < 1.29 is 8.42 Å². The van der Waals surface area contributed by atoms with Crippen LogP contribution in [-0.2, 0) is 10.2 Å². The van der Waals surface area contributed by atoms with Crippen LogP contribution < -0.4 is 10.0 Å². The number of hydrogen-bond acceptors (Lipinski definition) is 4. The molecule has 1 heterocycles. The highest BCUT2D eigenvalue weighted by Gasteiger charge is 2.18. The molecule has 1 aliphatic heterocycles. The molecule has 1 saturated heterocycles. The van der Waals surface area contributed by atoms with Crippen LogP contribution in [0.5, 0.6) is 0 Å². The van der Waals surface area contributed by atoms with E-state index in [-0.39, 0.29) is 0 Å². The Hall–Kier alpha value is -0.210. The number of rotatable bonds is 7. The molecule has 2 N–H and O–H groups in total. The van der Waals surface area contributed by atoms with Crippen molar-refractivity contribution in [2.24, 2.45) is 0 Å². The molecule has 0 unspecified atom stereocenters. The molecule has 102 valence electrons. The number of hydrogen-bond donors (Lipinski definition) is 2. The molecule has 0 radical (unpaired) electrons. The molecule has 0 spiro atoms. The minimum absolute atomic E-state index is 0.485. The van der Waals surface area contributed by atoms with Crippen molar-refractivity contribution >= 4 is 10.2 Å². The Balaban J connectivity index is 2.29. The number of piperazine rings is 1. The standard InChI is InChI=1S/C10H24N4O2S/c1-3-14(4-2)17(15,16)12-7-10-13-8-5-11-6-9-13/h11-12H,3-10H2,1-2H3. The fourth-order valence-corrected chi connectivity index (χ4v) is 3.13. The zero-order valence-corrected chi connectivity index (χ0v) is 11.6. The van der Waals surface area contributed by atoms with Crippen LogP contribution in [0.15, 0.2) is 0 Å². The quantitative estimate of drug-likeness (QED) is 0.623. The second kappa shape index (κ2) is 7.27. The van der Waals surface area contributed by atoms with E-state index in [1.165, 1.54) is 4.31 Å². The SMILES string of the molecule is CCN(CC)S(=O)(=O)NCCN1CCNCC1. The normalized spacial score (nSPS) is 18.8. The lowest BCUT2D eigenvalue weighted by atomic mass is 10.3. The molecule has 6 nitrogen and oxygen atoms in total. The second-order valence-corrected chi connectivity index (χ2v) is 5.83. The fourth-order valence-electron chi connectivity index (χ4n) is 1.92. The van der Waals surface area contributed by atoms with Gasteiger partial charge in [0.25, 0.3) is 10.2 Å². The van der Waals surface area contributed by atoms with Crippen molar-refractivity contribution in [3.05, 3.63) is 0 Å². The molecule has 1 rings (SSSR count). The smallest absolute Gasteiger partial charge is 0.279 e. The van der Waals surface area contributed by atoms with Crippen molar-refractivity contribution in [2.75, 3.05) is 52.4 Å². The van der Waals surface area contributed by atoms with Crippen molar-refractivity contribution in [1.82, 2.24) is 19.2 Å². The van der Waals surface area contributed by atoms with Crippen LogP contribution in [0.1, 0.15) is 13.8 Å². The maximum atomic E-state index is 11.8. The third kappa shape index (κ3) is 4.89. The third-order valence-electron chi connectivity index (χ3n) is 2.97. The van der Waals surface area contributed by atoms with Crippen LogP contribution in [0, 0.1) is 0 Å². The van der Waals surface area contributed by atoms with Crippen LogP contribution in [0.25, 0.3) is 0 Å². The monoisotopic (exact) mass is 264 g/mol. The molecular weight excluding hydrogens is 240 g/mol. The van der Waals surface area contributed by atoms with Crippen LogP contribution in [0.2, 0.25) is 0 Å². The summed E-state index contributed by atoms with van der Waals surface area (Å²) in [5, 5.41) is 3.27. The highest BCUT2D eigenvalue weighted by atomic mass is 32.2. The van der Waals surface area contributed by atoms with Gasteiger partial charge in [0.2, 0.25) is 0 Å². The van der Waals surface area contributed by atoms with Gasteiger partial charge in [-0.3, -0.25) is 4.90 Å². The Morgan fingerprint density at radius 2 is 1.82 bits per heavy atom. The van der Waals surface area contributed by atoms with Crippen LogP contribution >= 0.6 is 0 Å². The van der Waals surface area contributed by atoms with Crippen LogP contribution in [0.4, 0.5) is 0 Å². The van der Waals surface area contributed by atoms with Gasteiger partial charge in [-0.05, 0) is 0 Å². The molecular formula is C10H24N4O2S. The summed E-state index contributed by atoms with van der Waals surface area (Å²) in [6, 6.07) is 0. The fraction of sp³-hybridized carbons (Fsp3) is 1.00. The van der Waals surface area contributed by atoms with E-state index < -0.39 is 10.2 Å². The highest BCUT2D eigenvalue weighted by Crippen LogP contribution is 1.97. The first-order valence-electron chi connectivity index (χ1n) is 6.28. The lowest BCUT2D eigenvalue weighted by Gasteiger charge is -2.27. The predicted octanol–water partition coefficient (Wildman–Crippen LogP) is -0.932. The lowest BCUT2D eigenvalue weighted by molar-refractivity contribution is 0.244. The summed E-state index contributed by atoms with van der Waals surface area (Å²) in [5.41, 5.74) is 0. The maximum Gasteiger partial charge on any atom is 0.279 e. The van der Waals surface area contributed by atoms with Crippen molar-refractivity contribution in [1.29, 1.82) is 0 Å².